The number of carbonyl (C=O) groups is 3. The number of ether oxygens (including phenoxy) is 3. The monoisotopic (exact) mass is 563 g/mol. The number of aryl methyl sites for hydroxylation is 2. The molecule has 0 radical (unpaired) electrons. The minimum Gasteiger partial charge on any atom is -0.490 e. The molecule has 2 N–H and O–H groups in total. The maximum Gasteiger partial charge on any atom is 0.341 e. The quantitative estimate of drug-likeness (QED) is 0.152. The lowest BCUT2D eigenvalue weighted by Gasteiger charge is -2.13. The number of thiophene rings is 1. The Hall–Kier alpha value is -4.18. The van der Waals surface area contributed by atoms with E-state index in [4.69, 9.17) is 14.2 Å². The van der Waals surface area contributed by atoms with Gasteiger partial charge in [0.25, 0.3) is 0 Å². The van der Waals surface area contributed by atoms with Crippen molar-refractivity contribution in [2.24, 2.45) is 5.10 Å². The Labute approximate surface area is 237 Å². The second-order valence-electron chi connectivity index (χ2n) is 9.14. The first-order valence-electron chi connectivity index (χ1n) is 13.3. The number of rotatable bonds is 10. The third-order valence-corrected chi connectivity index (χ3v) is 7.58. The largest absolute Gasteiger partial charge is 0.490 e. The van der Waals surface area contributed by atoms with Crippen molar-refractivity contribution in [2.45, 2.75) is 53.1 Å². The number of amides is 2. The summed E-state index contributed by atoms with van der Waals surface area (Å²) in [6.45, 7) is 6.70. The maximum absolute atomic E-state index is 12.6. The van der Waals surface area contributed by atoms with Crippen LogP contribution in [0, 0.1) is 6.92 Å². The molecule has 9 nitrogen and oxygen atoms in total. The van der Waals surface area contributed by atoms with E-state index in [0.717, 1.165) is 47.3 Å². The van der Waals surface area contributed by atoms with Crippen LogP contribution < -0.4 is 20.2 Å². The standard InChI is InChI=1S/C30H33N3O6S/c1-4-37-24-16-20(14-15-23(24)39-18-21-11-7-6-10-19(21)3)17-31-33-28(35)27(34)32-29-26(30(36)38-5-2)22-12-8-9-13-25(22)40-29/h6-7,10-11,14-17H,4-5,8-9,12-13,18H2,1-3H3,(H,32,34)(H,33,35)/b31-17+. The number of hydrogen-bond acceptors (Lipinski definition) is 8. The van der Waals surface area contributed by atoms with Gasteiger partial charge in [0.1, 0.15) is 11.6 Å². The highest BCUT2D eigenvalue weighted by atomic mass is 32.1. The van der Waals surface area contributed by atoms with E-state index in [2.05, 4.69) is 15.8 Å². The SMILES string of the molecule is CCOC(=O)c1c(NC(=O)C(=O)N/N=C/c2ccc(OCc3ccccc3C)c(OCC)c2)sc2c1CCCC2. The van der Waals surface area contributed by atoms with Gasteiger partial charge in [0.15, 0.2) is 11.5 Å². The lowest BCUT2D eigenvalue weighted by Crippen LogP contribution is -2.32. The number of hydrogen-bond donors (Lipinski definition) is 2. The van der Waals surface area contributed by atoms with E-state index in [-0.39, 0.29) is 6.61 Å². The molecule has 0 saturated heterocycles. The summed E-state index contributed by atoms with van der Waals surface area (Å²) < 4.78 is 16.9. The summed E-state index contributed by atoms with van der Waals surface area (Å²) >= 11 is 1.32. The summed E-state index contributed by atoms with van der Waals surface area (Å²) in [5, 5.41) is 6.83. The number of nitrogens with zero attached hydrogens (tertiary/aromatic N) is 1. The Morgan fingerprint density at radius 1 is 0.975 bits per heavy atom. The molecule has 0 aliphatic heterocycles. The molecule has 0 saturated carbocycles. The zero-order chi connectivity index (χ0) is 28.5. The molecule has 0 bridgehead atoms. The first kappa shape index (κ1) is 28.8. The van der Waals surface area contributed by atoms with Gasteiger partial charge in [-0.25, -0.2) is 10.2 Å². The maximum atomic E-state index is 12.6. The molecular weight excluding hydrogens is 530 g/mol. The molecule has 0 spiro atoms. The van der Waals surface area contributed by atoms with Crippen LogP contribution in [0.1, 0.15) is 64.2 Å². The predicted molar refractivity (Wildman–Crippen MR) is 154 cm³/mol. The smallest absolute Gasteiger partial charge is 0.341 e. The number of esters is 1. The Bertz CT molecular complexity index is 1410. The van der Waals surface area contributed by atoms with Gasteiger partial charge >= 0.3 is 17.8 Å². The van der Waals surface area contributed by atoms with Crippen molar-refractivity contribution in [3.63, 3.8) is 0 Å². The van der Waals surface area contributed by atoms with Crippen molar-refractivity contribution in [3.05, 3.63) is 75.2 Å². The molecule has 3 aromatic rings. The number of hydrazone groups is 1. The first-order chi connectivity index (χ1) is 19.4. The summed E-state index contributed by atoms with van der Waals surface area (Å²) in [6, 6.07) is 13.3. The van der Waals surface area contributed by atoms with E-state index in [9.17, 15) is 14.4 Å². The first-order valence-corrected chi connectivity index (χ1v) is 14.1. The van der Waals surface area contributed by atoms with Crippen LogP contribution in [-0.4, -0.2) is 37.2 Å². The molecule has 2 aromatic carbocycles. The molecule has 1 aromatic heterocycles. The molecule has 40 heavy (non-hydrogen) atoms. The topological polar surface area (TPSA) is 115 Å². The summed E-state index contributed by atoms with van der Waals surface area (Å²) in [4.78, 5) is 38.7. The average molecular weight is 564 g/mol. The fourth-order valence-electron chi connectivity index (χ4n) is 4.37. The normalized spacial score (nSPS) is 12.5. The van der Waals surface area contributed by atoms with E-state index < -0.39 is 17.8 Å². The third-order valence-electron chi connectivity index (χ3n) is 6.38. The predicted octanol–water partition coefficient (Wildman–Crippen LogP) is 5.18. The van der Waals surface area contributed by atoms with Gasteiger partial charge in [-0.3, -0.25) is 9.59 Å². The summed E-state index contributed by atoms with van der Waals surface area (Å²) in [7, 11) is 0. The summed E-state index contributed by atoms with van der Waals surface area (Å²) in [5.41, 5.74) is 6.35. The summed E-state index contributed by atoms with van der Waals surface area (Å²) in [6.07, 6.45) is 4.96. The molecule has 0 unspecified atom stereocenters. The van der Waals surface area contributed by atoms with Crippen molar-refractivity contribution >= 4 is 40.3 Å². The second kappa shape index (κ2) is 13.7. The van der Waals surface area contributed by atoms with Crippen LogP contribution in [-0.2, 0) is 33.8 Å². The minimum absolute atomic E-state index is 0.219. The van der Waals surface area contributed by atoms with Crippen LogP contribution in [0.2, 0.25) is 0 Å². The van der Waals surface area contributed by atoms with E-state index in [1.54, 1.807) is 25.1 Å². The van der Waals surface area contributed by atoms with Gasteiger partial charge in [-0.1, -0.05) is 24.3 Å². The highest BCUT2D eigenvalue weighted by molar-refractivity contribution is 7.17. The van der Waals surface area contributed by atoms with E-state index >= 15 is 0 Å². The van der Waals surface area contributed by atoms with Gasteiger partial charge in [-0.05, 0) is 86.9 Å². The van der Waals surface area contributed by atoms with E-state index in [1.165, 1.54) is 17.6 Å². The fourth-order valence-corrected chi connectivity index (χ4v) is 5.64. The van der Waals surface area contributed by atoms with Crippen LogP contribution in [0.15, 0.2) is 47.6 Å². The lowest BCUT2D eigenvalue weighted by atomic mass is 9.95. The number of fused-ring (bicyclic) bond motifs is 1. The number of nitrogens with one attached hydrogen (secondary N) is 2. The zero-order valence-electron chi connectivity index (χ0n) is 22.9. The molecule has 4 rings (SSSR count). The third kappa shape index (κ3) is 7.06. The Balaban J connectivity index is 1.39. The molecule has 1 aliphatic carbocycles. The van der Waals surface area contributed by atoms with Gasteiger partial charge in [-0.15, -0.1) is 11.3 Å². The number of benzene rings is 2. The van der Waals surface area contributed by atoms with Crippen LogP contribution in [0.3, 0.4) is 0 Å². The van der Waals surface area contributed by atoms with Crippen molar-refractivity contribution in [2.75, 3.05) is 18.5 Å². The molecule has 0 fully saturated rings. The summed E-state index contributed by atoms with van der Waals surface area (Å²) in [5.74, 6) is -1.25. The highest BCUT2D eigenvalue weighted by Crippen LogP contribution is 2.38. The zero-order valence-corrected chi connectivity index (χ0v) is 23.7. The van der Waals surface area contributed by atoms with Crippen LogP contribution in [0.5, 0.6) is 11.5 Å². The molecule has 0 atom stereocenters. The molecular formula is C30H33N3O6S. The van der Waals surface area contributed by atoms with Gasteiger partial charge in [-0.2, -0.15) is 5.10 Å². The van der Waals surface area contributed by atoms with Crippen molar-refractivity contribution in [1.82, 2.24) is 5.43 Å². The Kier molecular flexibility index (Phi) is 9.91. The van der Waals surface area contributed by atoms with Gasteiger partial charge in [0.05, 0.1) is 25.0 Å². The van der Waals surface area contributed by atoms with Crippen LogP contribution >= 0.6 is 11.3 Å². The molecule has 1 aliphatic rings. The highest BCUT2D eigenvalue weighted by Gasteiger charge is 2.28. The Morgan fingerprint density at radius 3 is 2.55 bits per heavy atom. The molecule has 1 heterocycles. The average Bonchev–Trinajstić information content (AvgIpc) is 3.31. The molecule has 2 amide bonds. The second-order valence-corrected chi connectivity index (χ2v) is 10.2. The molecule has 10 heteroatoms. The van der Waals surface area contributed by atoms with Crippen molar-refractivity contribution in [1.29, 1.82) is 0 Å². The van der Waals surface area contributed by atoms with Gasteiger partial charge in [0, 0.05) is 4.88 Å². The number of carbonyl (C=O) groups excluding carboxylic acids is 3. The fraction of sp³-hybridized carbons (Fsp3) is 0.333. The lowest BCUT2D eigenvalue weighted by molar-refractivity contribution is -0.136. The van der Waals surface area contributed by atoms with Crippen LogP contribution in [0.4, 0.5) is 5.00 Å². The number of anilines is 1. The Morgan fingerprint density at radius 2 is 1.77 bits per heavy atom. The van der Waals surface area contributed by atoms with Gasteiger partial charge < -0.3 is 19.5 Å². The van der Waals surface area contributed by atoms with Crippen LogP contribution in [0.25, 0.3) is 0 Å². The minimum atomic E-state index is -0.958. The van der Waals surface area contributed by atoms with E-state index in [0.29, 0.717) is 40.8 Å². The van der Waals surface area contributed by atoms with Crippen molar-refractivity contribution in [3.8, 4) is 11.5 Å². The van der Waals surface area contributed by atoms with Gasteiger partial charge in [0.2, 0.25) is 0 Å². The van der Waals surface area contributed by atoms with Crippen molar-refractivity contribution < 1.29 is 28.6 Å². The molecule has 210 valence electrons. The van der Waals surface area contributed by atoms with E-state index in [1.807, 2.05) is 38.1 Å².